The highest BCUT2D eigenvalue weighted by molar-refractivity contribution is 5.90. The fourth-order valence-corrected chi connectivity index (χ4v) is 3.02. The van der Waals surface area contributed by atoms with Gasteiger partial charge in [0.1, 0.15) is 0 Å². The third-order valence-electron chi connectivity index (χ3n) is 3.89. The van der Waals surface area contributed by atoms with Crippen molar-refractivity contribution in [1.82, 2.24) is 10.6 Å². The summed E-state index contributed by atoms with van der Waals surface area (Å²) in [6, 6.07) is 0. The smallest absolute Gasteiger partial charge is 0.239 e. The summed E-state index contributed by atoms with van der Waals surface area (Å²) in [5.41, 5.74) is 0. The number of hydrogen-bond acceptors (Lipinski definition) is 6. The van der Waals surface area contributed by atoms with E-state index in [1.165, 1.54) is 0 Å². The highest BCUT2D eigenvalue weighted by Gasteiger charge is 2.48. The van der Waals surface area contributed by atoms with E-state index in [2.05, 4.69) is 5.32 Å². The molecule has 8 nitrogen and oxygen atoms in total. The number of amides is 2. The molecule has 2 aliphatic rings. The van der Waals surface area contributed by atoms with Crippen LogP contribution in [0.15, 0.2) is 12.2 Å². The summed E-state index contributed by atoms with van der Waals surface area (Å²) in [5, 5.41) is 25.7. The molecule has 2 N–H and O–H groups in total. The van der Waals surface area contributed by atoms with Gasteiger partial charge >= 0.3 is 0 Å². The lowest BCUT2D eigenvalue weighted by Crippen LogP contribution is -2.47. The van der Waals surface area contributed by atoms with Gasteiger partial charge in [0.15, 0.2) is 0 Å². The molecule has 2 amide bonds. The topological polar surface area (TPSA) is 138 Å². The monoisotopic (exact) mass is 294 g/mol. The van der Waals surface area contributed by atoms with Crippen molar-refractivity contribution in [1.29, 1.82) is 0 Å². The van der Waals surface area contributed by atoms with Crippen LogP contribution < -0.4 is 20.8 Å². The Bertz CT molecular complexity index is 515. The van der Waals surface area contributed by atoms with Crippen molar-refractivity contribution >= 4 is 23.8 Å². The lowest BCUT2D eigenvalue weighted by molar-refractivity contribution is -0.313. The van der Waals surface area contributed by atoms with E-state index in [1.54, 1.807) is 6.08 Å². The quantitative estimate of drug-likeness (QED) is 0.481. The minimum atomic E-state index is -1.44. The number of carbonyl (C=O) groups is 4. The summed E-state index contributed by atoms with van der Waals surface area (Å²) in [6.45, 7) is -1.06. The third-order valence-corrected chi connectivity index (χ3v) is 3.89. The molecule has 8 heteroatoms. The number of allylic oxidation sites excluding steroid dienone is 2. The summed E-state index contributed by atoms with van der Waals surface area (Å²) in [4.78, 5) is 44.6. The summed E-state index contributed by atoms with van der Waals surface area (Å²) >= 11 is 0. The van der Waals surface area contributed by atoms with Crippen LogP contribution >= 0.6 is 0 Å². The summed E-state index contributed by atoms with van der Waals surface area (Å²) < 4.78 is 0. The molecule has 0 spiro atoms. The average molecular weight is 294 g/mol. The van der Waals surface area contributed by atoms with Crippen LogP contribution in [0.1, 0.15) is 6.42 Å². The van der Waals surface area contributed by atoms with Gasteiger partial charge in [-0.1, -0.05) is 12.2 Å². The average Bonchev–Trinajstić information content (AvgIpc) is 3.02. The fraction of sp³-hybridized carbons (Fsp3) is 0.538. The number of fused-ring (bicyclic) bond motifs is 2. The van der Waals surface area contributed by atoms with Gasteiger partial charge in [0.25, 0.3) is 0 Å². The van der Waals surface area contributed by atoms with Gasteiger partial charge < -0.3 is 30.4 Å². The van der Waals surface area contributed by atoms with Crippen molar-refractivity contribution in [2.24, 2.45) is 23.7 Å². The Kier molecular flexibility index (Phi) is 4.25. The highest BCUT2D eigenvalue weighted by Crippen LogP contribution is 2.47. The first-order valence-corrected chi connectivity index (χ1v) is 6.53. The first kappa shape index (κ1) is 15.0. The maximum Gasteiger partial charge on any atom is 0.239 e. The zero-order valence-corrected chi connectivity index (χ0v) is 11.0. The number of aliphatic carboxylic acids is 2. The molecule has 0 aromatic heterocycles. The second-order valence-electron chi connectivity index (χ2n) is 5.19. The highest BCUT2D eigenvalue weighted by atomic mass is 16.4. The van der Waals surface area contributed by atoms with Gasteiger partial charge in [-0.05, 0) is 18.3 Å². The molecule has 2 rings (SSSR count). The van der Waals surface area contributed by atoms with E-state index >= 15 is 0 Å². The molecule has 0 aliphatic heterocycles. The number of nitrogens with one attached hydrogen (secondary N) is 2. The van der Waals surface area contributed by atoms with Crippen LogP contribution in [-0.4, -0.2) is 36.8 Å². The van der Waals surface area contributed by atoms with E-state index in [-0.39, 0.29) is 11.8 Å². The summed E-state index contributed by atoms with van der Waals surface area (Å²) in [6.07, 6.45) is 4.18. The predicted octanol–water partition coefficient (Wildman–Crippen LogP) is -3.84. The largest absolute Gasteiger partial charge is 0.550 e. The van der Waals surface area contributed by atoms with Gasteiger partial charge in [0.2, 0.25) is 11.8 Å². The Hall–Kier alpha value is -2.38. The molecule has 1 fully saturated rings. The third kappa shape index (κ3) is 3.21. The lowest BCUT2D eigenvalue weighted by Gasteiger charge is -2.27. The molecule has 4 atom stereocenters. The van der Waals surface area contributed by atoms with Crippen molar-refractivity contribution in [3.63, 3.8) is 0 Å². The molecule has 0 heterocycles. The van der Waals surface area contributed by atoms with Crippen LogP contribution in [0.25, 0.3) is 0 Å². The van der Waals surface area contributed by atoms with Crippen LogP contribution in [0.3, 0.4) is 0 Å². The summed E-state index contributed by atoms with van der Waals surface area (Å²) in [5.74, 6) is -5.93. The van der Waals surface area contributed by atoms with E-state index < -0.39 is 48.7 Å². The molecular weight excluding hydrogens is 280 g/mol. The second-order valence-corrected chi connectivity index (χ2v) is 5.19. The molecule has 21 heavy (non-hydrogen) atoms. The van der Waals surface area contributed by atoms with Gasteiger partial charge in [-0.3, -0.25) is 9.59 Å². The van der Waals surface area contributed by atoms with E-state index in [0.717, 1.165) is 0 Å². The zero-order chi connectivity index (χ0) is 15.6. The number of carboxylic acids is 2. The van der Waals surface area contributed by atoms with Crippen molar-refractivity contribution in [2.45, 2.75) is 6.42 Å². The van der Waals surface area contributed by atoms with E-state index in [4.69, 9.17) is 0 Å². The molecule has 4 unspecified atom stereocenters. The van der Waals surface area contributed by atoms with E-state index in [0.29, 0.717) is 6.42 Å². The standard InChI is InChI=1S/C13H16N2O6/c16-8(14-5-9(17)18)4-15-12(19)10-6-1-2-7(3-6)11(10)13(20)21/h1-2,6-7,10-11H,3-5H2,(H,14,16)(H,15,19)(H,17,18)(H,20,21)/p-2. The normalized spacial score (nSPS) is 29.1. The molecule has 114 valence electrons. The summed E-state index contributed by atoms with van der Waals surface area (Å²) in [7, 11) is 0. The molecule has 0 aromatic rings. The van der Waals surface area contributed by atoms with Crippen molar-refractivity contribution in [3.05, 3.63) is 12.2 Å². The van der Waals surface area contributed by atoms with Crippen molar-refractivity contribution in [3.8, 4) is 0 Å². The van der Waals surface area contributed by atoms with Crippen LogP contribution in [0.4, 0.5) is 0 Å². The van der Waals surface area contributed by atoms with Crippen molar-refractivity contribution in [2.75, 3.05) is 13.1 Å². The van der Waals surface area contributed by atoms with Gasteiger partial charge in [-0.15, -0.1) is 0 Å². The molecular formula is C13H14N2O6-2. The first-order chi connectivity index (χ1) is 9.90. The number of carboxylic acid groups (broad SMARTS) is 2. The Labute approximate surface area is 120 Å². The van der Waals surface area contributed by atoms with Crippen LogP contribution in [0.2, 0.25) is 0 Å². The number of carbonyl (C=O) groups excluding carboxylic acids is 4. The van der Waals surface area contributed by atoms with Gasteiger partial charge in [0.05, 0.1) is 25.0 Å². The first-order valence-electron chi connectivity index (χ1n) is 6.53. The van der Waals surface area contributed by atoms with Crippen LogP contribution in [-0.2, 0) is 19.2 Å². The molecule has 0 aromatic carbocycles. The fourth-order valence-electron chi connectivity index (χ4n) is 3.02. The molecule has 2 bridgehead atoms. The van der Waals surface area contributed by atoms with Crippen molar-refractivity contribution < 1.29 is 29.4 Å². The van der Waals surface area contributed by atoms with Crippen LogP contribution in [0, 0.1) is 23.7 Å². The molecule has 1 saturated carbocycles. The molecule has 2 aliphatic carbocycles. The Morgan fingerprint density at radius 1 is 0.952 bits per heavy atom. The minimum Gasteiger partial charge on any atom is -0.550 e. The maximum atomic E-state index is 12.0. The number of hydrogen-bond donors (Lipinski definition) is 2. The van der Waals surface area contributed by atoms with E-state index in [9.17, 15) is 29.4 Å². The Morgan fingerprint density at radius 3 is 2.14 bits per heavy atom. The van der Waals surface area contributed by atoms with Gasteiger partial charge in [-0.2, -0.15) is 0 Å². The predicted molar refractivity (Wildman–Crippen MR) is 63.8 cm³/mol. The Morgan fingerprint density at radius 2 is 1.57 bits per heavy atom. The van der Waals surface area contributed by atoms with Gasteiger partial charge in [-0.25, -0.2) is 0 Å². The minimum absolute atomic E-state index is 0.163. The lowest BCUT2D eigenvalue weighted by atomic mass is 9.82. The second kappa shape index (κ2) is 5.94. The van der Waals surface area contributed by atoms with Gasteiger partial charge in [0, 0.05) is 11.9 Å². The van der Waals surface area contributed by atoms with E-state index in [1.807, 2.05) is 11.4 Å². The molecule has 0 radical (unpaired) electrons. The Balaban J connectivity index is 1.88. The maximum absolute atomic E-state index is 12.0. The molecule has 0 saturated heterocycles. The van der Waals surface area contributed by atoms with Crippen LogP contribution in [0.5, 0.6) is 0 Å². The number of rotatable bonds is 6. The zero-order valence-electron chi connectivity index (χ0n) is 11.0. The SMILES string of the molecule is O=C([O-])CNC(=O)CNC(=O)C1C2C=CC(C2)C1C(=O)[O-].